The Labute approximate surface area is 155 Å². The Morgan fingerprint density at radius 1 is 1.43 bits per heavy atom. The van der Waals surface area contributed by atoms with Crippen LogP contribution in [0.25, 0.3) is 11.2 Å². The zero-order valence-corrected chi connectivity index (χ0v) is 16.5. The molecule has 0 saturated carbocycles. The minimum absolute atomic E-state index is 0.0286. The van der Waals surface area contributed by atoms with E-state index in [1.807, 2.05) is 4.57 Å². The SMILES string of the molecule is CC(I)I.Nc1nc(Cl)nc2c1ncn2C1CCCCO1. The van der Waals surface area contributed by atoms with Crippen molar-refractivity contribution in [3.8, 4) is 0 Å². The third-order valence-electron chi connectivity index (χ3n) is 2.89. The summed E-state index contributed by atoms with van der Waals surface area (Å²) in [7, 11) is 0. The van der Waals surface area contributed by atoms with Gasteiger partial charge in [0.25, 0.3) is 0 Å². The van der Waals surface area contributed by atoms with Crippen LogP contribution >= 0.6 is 56.8 Å². The number of halogens is 3. The highest BCUT2D eigenvalue weighted by Crippen LogP contribution is 2.27. The lowest BCUT2D eigenvalue weighted by Crippen LogP contribution is -2.17. The largest absolute Gasteiger partial charge is 0.382 e. The van der Waals surface area contributed by atoms with Crippen molar-refractivity contribution in [3.05, 3.63) is 11.6 Å². The highest BCUT2D eigenvalue weighted by atomic mass is 127. The minimum Gasteiger partial charge on any atom is -0.382 e. The van der Waals surface area contributed by atoms with Crippen molar-refractivity contribution in [1.82, 2.24) is 19.5 Å². The maximum absolute atomic E-state index is 5.81. The van der Waals surface area contributed by atoms with E-state index in [4.69, 9.17) is 22.1 Å². The van der Waals surface area contributed by atoms with E-state index in [1.165, 1.54) is 0 Å². The summed E-state index contributed by atoms with van der Waals surface area (Å²) < 4.78 is 8.34. The van der Waals surface area contributed by atoms with Gasteiger partial charge in [-0.3, -0.25) is 4.57 Å². The first-order valence-electron chi connectivity index (χ1n) is 6.54. The molecule has 0 aliphatic carbocycles. The van der Waals surface area contributed by atoms with Crippen molar-refractivity contribution >= 4 is 73.8 Å². The van der Waals surface area contributed by atoms with Crippen molar-refractivity contribution in [2.24, 2.45) is 0 Å². The molecule has 0 radical (unpaired) electrons. The normalized spacial score (nSPS) is 18.6. The Morgan fingerprint density at radius 2 is 2.14 bits per heavy atom. The number of nitrogens with two attached hydrogens (primary N) is 1. The van der Waals surface area contributed by atoms with E-state index in [1.54, 1.807) is 6.33 Å². The second-order valence-electron chi connectivity index (χ2n) is 4.54. The summed E-state index contributed by atoms with van der Waals surface area (Å²) in [6.45, 7) is 2.90. The summed E-state index contributed by atoms with van der Waals surface area (Å²) >= 11 is 10.5. The molecule has 0 aromatic carbocycles. The molecule has 116 valence electrons. The lowest BCUT2D eigenvalue weighted by Gasteiger charge is -2.23. The molecule has 0 bridgehead atoms. The molecule has 2 aromatic heterocycles. The Balaban J connectivity index is 0.000000361. The number of nitrogen functional groups attached to an aromatic ring is 1. The molecule has 1 fully saturated rings. The van der Waals surface area contributed by atoms with Crippen LogP contribution in [-0.4, -0.2) is 28.1 Å². The van der Waals surface area contributed by atoms with Gasteiger partial charge in [-0.25, -0.2) is 4.98 Å². The number of fused-ring (bicyclic) bond motifs is 1. The molecule has 1 saturated heterocycles. The zero-order valence-electron chi connectivity index (χ0n) is 11.5. The molecular weight excluding hydrogens is 519 g/mol. The molecule has 2 aromatic rings. The summed E-state index contributed by atoms with van der Waals surface area (Å²) in [5.41, 5.74) is 6.95. The molecule has 1 aliphatic rings. The number of ether oxygens (including phenoxy) is 1. The summed E-state index contributed by atoms with van der Waals surface area (Å²) in [6, 6.07) is 0. The molecule has 2 N–H and O–H groups in total. The van der Waals surface area contributed by atoms with E-state index in [0.29, 0.717) is 17.0 Å². The Hall–Kier alpha value is 0.0600. The Bertz CT molecular complexity index is 598. The van der Waals surface area contributed by atoms with Gasteiger partial charge in [0.1, 0.15) is 11.7 Å². The van der Waals surface area contributed by atoms with Crippen LogP contribution in [0.2, 0.25) is 5.28 Å². The second-order valence-corrected chi connectivity index (χ2v) is 11.0. The predicted molar refractivity (Wildman–Crippen MR) is 101 cm³/mol. The second kappa shape index (κ2) is 8.06. The van der Waals surface area contributed by atoms with Crippen LogP contribution in [0, 0.1) is 0 Å². The van der Waals surface area contributed by atoms with Crippen molar-refractivity contribution in [2.45, 2.75) is 34.3 Å². The lowest BCUT2D eigenvalue weighted by atomic mass is 10.2. The number of anilines is 1. The summed E-state index contributed by atoms with van der Waals surface area (Å²) in [6.07, 6.45) is 4.84. The Morgan fingerprint density at radius 3 is 2.76 bits per heavy atom. The average molecular weight is 536 g/mol. The molecule has 3 heterocycles. The van der Waals surface area contributed by atoms with Gasteiger partial charge < -0.3 is 10.5 Å². The van der Waals surface area contributed by atoms with Gasteiger partial charge in [0, 0.05) is 6.61 Å². The molecule has 1 atom stereocenters. The fourth-order valence-electron chi connectivity index (χ4n) is 2.06. The van der Waals surface area contributed by atoms with Crippen LogP contribution in [0.4, 0.5) is 5.82 Å². The van der Waals surface area contributed by atoms with Crippen LogP contribution in [0.1, 0.15) is 32.4 Å². The van der Waals surface area contributed by atoms with Gasteiger partial charge >= 0.3 is 0 Å². The molecule has 21 heavy (non-hydrogen) atoms. The first-order valence-corrected chi connectivity index (χ1v) is 9.41. The van der Waals surface area contributed by atoms with Gasteiger partial charge in [-0.2, -0.15) is 9.97 Å². The van der Waals surface area contributed by atoms with Crippen molar-refractivity contribution < 1.29 is 4.74 Å². The molecule has 9 heteroatoms. The number of nitrogens with zero attached hydrogens (tertiary/aromatic N) is 4. The number of alkyl halides is 2. The molecular formula is C12H16ClI2N5O. The maximum atomic E-state index is 5.81. The highest BCUT2D eigenvalue weighted by molar-refractivity contribution is 14.2. The van der Waals surface area contributed by atoms with Gasteiger partial charge in [-0.15, -0.1) is 0 Å². The van der Waals surface area contributed by atoms with E-state index in [2.05, 4.69) is 67.1 Å². The first-order chi connectivity index (χ1) is 9.99. The predicted octanol–water partition coefficient (Wildman–Crippen LogP) is 3.96. The van der Waals surface area contributed by atoms with Crippen molar-refractivity contribution in [2.75, 3.05) is 12.3 Å². The minimum atomic E-state index is -0.0286. The van der Waals surface area contributed by atoms with Gasteiger partial charge in [0.05, 0.1) is 8.26 Å². The van der Waals surface area contributed by atoms with Crippen LogP contribution in [-0.2, 0) is 4.74 Å². The maximum Gasteiger partial charge on any atom is 0.226 e. The summed E-state index contributed by atoms with van der Waals surface area (Å²) in [5, 5.41) is 0.132. The van der Waals surface area contributed by atoms with Crippen molar-refractivity contribution in [1.29, 1.82) is 0 Å². The van der Waals surface area contributed by atoms with E-state index in [-0.39, 0.29) is 11.5 Å². The fourth-order valence-corrected chi connectivity index (χ4v) is 2.24. The topological polar surface area (TPSA) is 78.9 Å². The Kier molecular flexibility index (Phi) is 6.69. The highest BCUT2D eigenvalue weighted by Gasteiger charge is 2.20. The van der Waals surface area contributed by atoms with Crippen molar-refractivity contribution in [3.63, 3.8) is 0 Å². The van der Waals surface area contributed by atoms with Crippen LogP contribution in [0.15, 0.2) is 6.33 Å². The van der Waals surface area contributed by atoms with E-state index in [0.717, 1.165) is 27.8 Å². The molecule has 3 rings (SSSR count). The zero-order chi connectivity index (χ0) is 15.4. The lowest BCUT2D eigenvalue weighted by molar-refractivity contribution is -0.0298. The standard InChI is InChI=1S/C10H12ClN5O.C2H4I2/c11-10-14-8(12)7-9(15-10)16(5-13-7)6-3-1-2-4-17-6;1-2(3)4/h5-6H,1-4H2,(H2,12,14,15);2H,1H3. The number of rotatable bonds is 1. The number of imidazole rings is 1. The smallest absolute Gasteiger partial charge is 0.226 e. The number of hydrogen-bond donors (Lipinski definition) is 1. The average Bonchev–Trinajstić information content (AvgIpc) is 2.83. The van der Waals surface area contributed by atoms with Gasteiger partial charge in [-0.05, 0) is 37.8 Å². The van der Waals surface area contributed by atoms with Crippen LogP contribution in [0.3, 0.4) is 0 Å². The van der Waals surface area contributed by atoms with Gasteiger partial charge in [-0.1, -0.05) is 45.2 Å². The number of hydrogen-bond acceptors (Lipinski definition) is 5. The van der Waals surface area contributed by atoms with Gasteiger partial charge in [0.2, 0.25) is 5.28 Å². The molecule has 0 spiro atoms. The monoisotopic (exact) mass is 535 g/mol. The first kappa shape index (κ1) is 17.4. The fraction of sp³-hybridized carbons (Fsp3) is 0.583. The quantitative estimate of drug-likeness (QED) is 0.340. The molecule has 0 amide bonds. The third-order valence-corrected chi connectivity index (χ3v) is 3.06. The summed E-state index contributed by atoms with van der Waals surface area (Å²) in [5.74, 6) is 0.301. The van der Waals surface area contributed by atoms with E-state index >= 15 is 0 Å². The van der Waals surface area contributed by atoms with Crippen LogP contribution < -0.4 is 5.73 Å². The van der Waals surface area contributed by atoms with Crippen LogP contribution in [0.5, 0.6) is 0 Å². The van der Waals surface area contributed by atoms with E-state index in [9.17, 15) is 0 Å². The third kappa shape index (κ3) is 4.76. The number of aromatic nitrogens is 4. The van der Waals surface area contributed by atoms with E-state index < -0.39 is 0 Å². The molecule has 1 aliphatic heterocycles. The summed E-state index contributed by atoms with van der Waals surface area (Å²) in [4.78, 5) is 12.3. The van der Waals surface area contributed by atoms with Gasteiger partial charge in [0.15, 0.2) is 11.5 Å². The molecule has 1 unspecified atom stereocenters. The molecule has 6 nitrogen and oxygen atoms in total.